The van der Waals surface area contributed by atoms with E-state index in [9.17, 15) is 9.59 Å². The smallest absolute Gasteiger partial charge is 0.330 e. The molecule has 0 aliphatic heterocycles. The molecule has 0 unspecified atom stereocenters. The molecule has 2 aromatic carbocycles. The number of nitrogens with zero attached hydrogens (tertiary/aromatic N) is 6. The minimum Gasteiger partial charge on any atom is -0.454 e. The molecule has 0 fully saturated rings. The molecule has 0 aliphatic carbocycles. The monoisotopic (exact) mass is 452 g/mol. The zero-order chi connectivity index (χ0) is 23.1. The number of nitriles is 1. The summed E-state index contributed by atoms with van der Waals surface area (Å²) in [7, 11) is 0. The van der Waals surface area contributed by atoms with Gasteiger partial charge in [-0.3, -0.25) is 4.79 Å². The van der Waals surface area contributed by atoms with E-state index in [4.69, 9.17) is 21.6 Å². The third-order valence-electron chi connectivity index (χ3n) is 4.59. The summed E-state index contributed by atoms with van der Waals surface area (Å²) in [6.07, 6.45) is 0.131. The number of aromatic nitrogens is 4. The second kappa shape index (κ2) is 10.5. The van der Waals surface area contributed by atoms with E-state index >= 15 is 0 Å². The molecule has 0 bridgehead atoms. The SMILES string of the molecule is Cc1ccc(-c2nnn(CC(=O)OCC(=O)N(CCC#N)c3ccc(Cl)c(C)c3)n2)cc1. The molecular weight excluding hydrogens is 432 g/mol. The molecule has 1 amide bonds. The van der Waals surface area contributed by atoms with Gasteiger partial charge in [-0.1, -0.05) is 41.4 Å². The van der Waals surface area contributed by atoms with Gasteiger partial charge in [-0.2, -0.15) is 10.1 Å². The van der Waals surface area contributed by atoms with Gasteiger partial charge in [-0.05, 0) is 42.8 Å². The largest absolute Gasteiger partial charge is 0.454 e. The van der Waals surface area contributed by atoms with Crippen molar-refractivity contribution in [3.8, 4) is 17.5 Å². The maximum absolute atomic E-state index is 12.7. The average Bonchev–Trinajstić information content (AvgIpc) is 3.23. The first-order valence-corrected chi connectivity index (χ1v) is 10.2. The second-order valence-electron chi connectivity index (χ2n) is 7.06. The maximum Gasteiger partial charge on any atom is 0.330 e. The predicted octanol–water partition coefficient (Wildman–Crippen LogP) is 3.10. The lowest BCUT2D eigenvalue weighted by atomic mass is 10.1. The third kappa shape index (κ3) is 5.89. The first-order chi connectivity index (χ1) is 15.4. The fourth-order valence-electron chi connectivity index (χ4n) is 2.87. The Kier molecular flexibility index (Phi) is 7.52. The van der Waals surface area contributed by atoms with Gasteiger partial charge in [-0.25, -0.2) is 4.79 Å². The molecule has 3 aromatic rings. The van der Waals surface area contributed by atoms with Crippen molar-refractivity contribution in [2.45, 2.75) is 26.8 Å². The molecule has 0 atom stereocenters. The molecule has 32 heavy (non-hydrogen) atoms. The van der Waals surface area contributed by atoms with Crippen molar-refractivity contribution in [2.75, 3.05) is 18.1 Å². The minimum atomic E-state index is -0.682. The van der Waals surface area contributed by atoms with Gasteiger partial charge < -0.3 is 9.64 Å². The number of anilines is 1. The van der Waals surface area contributed by atoms with Gasteiger partial charge in [0.2, 0.25) is 5.82 Å². The number of benzene rings is 2. The summed E-state index contributed by atoms with van der Waals surface area (Å²) in [4.78, 5) is 27.4. The Hall–Kier alpha value is -3.77. The number of carbonyl (C=O) groups is 2. The highest BCUT2D eigenvalue weighted by Crippen LogP contribution is 2.23. The van der Waals surface area contributed by atoms with E-state index in [-0.39, 0.29) is 19.5 Å². The lowest BCUT2D eigenvalue weighted by Crippen LogP contribution is -2.36. The van der Waals surface area contributed by atoms with Crippen LogP contribution in [0.5, 0.6) is 0 Å². The zero-order valence-corrected chi connectivity index (χ0v) is 18.4. The van der Waals surface area contributed by atoms with Crippen LogP contribution in [-0.2, 0) is 20.9 Å². The Morgan fingerprint density at radius 3 is 2.62 bits per heavy atom. The lowest BCUT2D eigenvalue weighted by Gasteiger charge is -2.22. The number of carbonyl (C=O) groups excluding carboxylic acids is 2. The zero-order valence-electron chi connectivity index (χ0n) is 17.7. The molecule has 0 radical (unpaired) electrons. The van der Waals surface area contributed by atoms with Gasteiger partial charge in [0.25, 0.3) is 5.91 Å². The van der Waals surface area contributed by atoms with Crippen LogP contribution in [-0.4, -0.2) is 45.2 Å². The number of rotatable bonds is 8. The molecule has 3 rings (SSSR count). The molecule has 1 aromatic heterocycles. The van der Waals surface area contributed by atoms with Crippen molar-refractivity contribution < 1.29 is 14.3 Å². The fourth-order valence-corrected chi connectivity index (χ4v) is 2.98. The third-order valence-corrected chi connectivity index (χ3v) is 5.02. The predicted molar refractivity (Wildman–Crippen MR) is 118 cm³/mol. The summed E-state index contributed by atoms with van der Waals surface area (Å²) in [6, 6.07) is 14.7. The summed E-state index contributed by atoms with van der Waals surface area (Å²) in [5.74, 6) is -0.754. The number of ether oxygens (including phenoxy) is 1. The van der Waals surface area contributed by atoms with E-state index in [2.05, 4.69) is 15.4 Å². The van der Waals surface area contributed by atoms with Crippen LogP contribution in [0.3, 0.4) is 0 Å². The lowest BCUT2D eigenvalue weighted by molar-refractivity contribution is -0.148. The van der Waals surface area contributed by atoms with Crippen molar-refractivity contribution in [3.63, 3.8) is 0 Å². The van der Waals surface area contributed by atoms with Crippen molar-refractivity contribution in [1.29, 1.82) is 5.26 Å². The van der Waals surface area contributed by atoms with Crippen LogP contribution >= 0.6 is 11.6 Å². The quantitative estimate of drug-likeness (QED) is 0.482. The number of aryl methyl sites for hydroxylation is 2. The van der Waals surface area contributed by atoms with Crippen LogP contribution in [0.1, 0.15) is 17.5 Å². The van der Waals surface area contributed by atoms with E-state index in [1.165, 1.54) is 4.90 Å². The van der Waals surface area contributed by atoms with E-state index in [1.54, 1.807) is 18.2 Å². The van der Waals surface area contributed by atoms with Crippen molar-refractivity contribution in [3.05, 3.63) is 58.6 Å². The first-order valence-electron chi connectivity index (χ1n) is 9.81. The summed E-state index contributed by atoms with van der Waals surface area (Å²) in [6.45, 7) is 3.18. The Bertz CT molecular complexity index is 1150. The van der Waals surface area contributed by atoms with Crippen LogP contribution in [0, 0.1) is 25.2 Å². The number of halogens is 1. The molecule has 9 nitrogen and oxygen atoms in total. The topological polar surface area (TPSA) is 114 Å². The van der Waals surface area contributed by atoms with Crippen molar-refractivity contribution >= 4 is 29.2 Å². The number of tetrazole rings is 1. The molecular formula is C22H21ClN6O3. The van der Waals surface area contributed by atoms with Gasteiger partial charge >= 0.3 is 5.97 Å². The van der Waals surface area contributed by atoms with Crippen molar-refractivity contribution in [1.82, 2.24) is 20.2 Å². The van der Waals surface area contributed by atoms with Gasteiger partial charge in [-0.15, -0.1) is 10.2 Å². The molecule has 10 heteroatoms. The molecule has 0 saturated carbocycles. The minimum absolute atomic E-state index is 0.131. The maximum atomic E-state index is 12.7. The molecule has 1 heterocycles. The number of hydrogen-bond acceptors (Lipinski definition) is 7. The Morgan fingerprint density at radius 1 is 1.19 bits per heavy atom. The second-order valence-corrected chi connectivity index (χ2v) is 7.46. The van der Waals surface area contributed by atoms with E-state index in [1.807, 2.05) is 44.2 Å². The Morgan fingerprint density at radius 2 is 1.94 bits per heavy atom. The van der Waals surface area contributed by atoms with Gasteiger partial charge in [0.05, 0.1) is 12.5 Å². The summed E-state index contributed by atoms with van der Waals surface area (Å²) < 4.78 is 5.11. The fraction of sp³-hybridized carbons (Fsp3) is 0.273. The van der Waals surface area contributed by atoms with Crippen LogP contribution in [0.4, 0.5) is 5.69 Å². The molecule has 0 saturated heterocycles. The van der Waals surface area contributed by atoms with Crippen LogP contribution in [0.2, 0.25) is 5.02 Å². The first kappa shape index (κ1) is 22.9. The molecule has 0 aliphatic rings. The summed E-state index contributed by atoms with van der Waals surface area (Å²) in [5, 5.41) is 21.4. The highest BCUT2D eigenvalue weighted by Gasteiger charge is 2.19. The molecule has 0 spiro atoms. The Balaban J connectivity index is 1.60. The summed E-state index contributed by atoms with van der Waals surface area (Å²) in [5.41, 5.74) is 3.24. The van der Waals surface area contributed by atoms with Gasteiger partial charge in [0.1, 0.15) is 0 Å². The van der Waals surface area contributed by atoms with Crippen molar-refractivity contribution in [2.24, 2.45) is 0 Å². The summed E-state index contributed by atoms with van der Waals surface area (Å²) >= 11 is 6.05. The number of hydrogen-bond donors (Lipinski definition) is 0. The highest BCUT2D eigenvalue weighted by molar-refractivity contribution is 6.31. The highest BCUT2D eigenvalue weighted by atomic mass is 35.5. The van der Waals surface area contributed by atoms with E-state index in [0.29, 0.717) is 16.5 Å². The van der Waals surface area contributed by atoms with Gasteiger partial charge in [0, 0.05) is 22.8 Å². The number of amides is 1. The molecule has 164 valence electrons. The normalized spacial score (nSPS) is 10.4. The van der Waals surface area contributed by atoms with Crippen LogP contribution in [0.15, 0.2) is 42.5 Å². The number of esters is 1. The standard InChI is InChI=1S/C22H21ClN6O3/c1-15-4-6-17(7-5-15)22-25-27-29(26-22)13-21(31)32-14-20(30)28(11-3-10-24)18-8-9-19(23)16(2)12-18/h4-9,12H,3,11,13-14H2,1-2H3. The van der Waals surface area contributed by atoms with E-state index < -0.39 is 18.5 Å². The molecule has 0 N–H and O–H groups in total. The van der Waals surface area contributed by atoms with Crippen LogP contribution in [0.25, 0.3) is 11.4 Å². The van der Waals surface area contributed by atoms with Crippen LogP contribution < -0.4 is 4.90 Å². The van der Waals surface area contributed by atoms with E-state index in [0.717, 1.165) is 21.5 Å². The Labute approximate surface area is 190 Å². The van der Waals surface area contributed by atoms with Gasteiger partial charge in [0.15, 0.2) is 13.2 Å². The average molecular weight is 453 g/mol.